The summed E-state index contributed by atoms with van der Waals surface area (Å²) in [5, 5.41) is 0. The maximum Gasteiger partial charge on any atom is 0.147 e. The number of benzene rings is 1. The number of alkyl halides is 2. The summed E-state index contributed by atoms with van der Waals surface area (Å²) in [6.07, 6.45) is 4.57. The van der Waals surface area contributed by atoms with E-state index in [-0.39, 0.29) is 23.3 Å². The van der Waals surface area contributed by atoms with Crippen molar-refractivity contribution >= 4 is 34.8 Å². The van der Waals surface area contributed by atoms with Crippen molar-refractivity contribution < 1.29 is 9.59 Å². The molecule has 0 bridgehead atoms. The van der Waals surface area contributed by atoms with Crippen LogP contribution in [0.5, 0.6) is 0 Å². The molecule has 0 spiro atoms. The second-order valence-electron chi connectivity index (χ2n) is 4.87. The third-order valence-corrected chi connectivity index (χ3v) is 3.76. The van der Waals surface area contributed by atoms with Crippen LogP contribution in [0.1, 0.15) is 36.8 Å². The van der Waals surface area contributed by atoms with Crippen molar-refractivity contribution in [3.63, 3.8) is 0 Å². The molecule has 0 aliphatic rings. The Hall–Kier alpha value is -0.860. The van der Waals surface area contributed by atoms with Gasteiger partial charge in [0.25, 0.3) is 0 Å². The monoisotopic (exact) mass is 314 g/mol. The van der Waals surface area contributed by atoms with E-state index in [0.717, 1.165) is 25.7 Å². The van der Waals surface area contributed by atoms with Gasteiger partial charge in [0.15, 0.2) is 0 Å². The maximum absolute atomic E-state index is 11.1. The van der Waals surface area contributed by atoms with Gasteiger partial charge in [-0.25, -0.2) is 0 Å². The van der Waals surface area contributed by atoms with Crippen LogP contribution < -0.4 is 0 Å². The Morgan fingerprint density at radius 3 is 1.40 bits per heavy atom. The second-order valence-corrected chi connectivity index (χ2v) is 5.40. The molecule has 1 rings (SSSR count). The summed E-state index contributed by atoms with van der Waals surface area (Å²) in [4.78, 5) is 22.2. The van der Waals surface area contributed by atoms with Crippen molar-refractivity contribution in [1.29, 1.82) is 0 Å². The minimum atomic E-state index is 0.104. The van der Waals surface area contributed by atoms with Crippen LogP contribution in [-0.4, -0.2) is 23.3 Å². The Kier molecular flexibility index (Phi) is 8.56. The summed E-state index contributed by atoms with van der Waals surface area (Å²) >= 11 is 10.9. The van der Waals surface area contributed by atoms with Gasteiger partial charge in [-0.3, -0.25) is 9.59 Å². The molecule has 20 heavy (non-hydrogen) atoms. The maximum atomic E-state index is 11.1. The van der Waals surface area contributed by atoms with Gasteiger partial charge in [0.1, 0.15) is 11.6 Å². The zero-order valence-electron chi connectivity index (χ0n) is 11.5. The van der Waals surface area contributed by atoms with E-state index in [4.69, 9.17) is 23.2 Å². The molecule has 0 atom stereocenters. The highest BCUT2D eigenvalue weighted by Gasteiger charge is 2.02. The molecule has 0 saturated carbocycles. The smallest absolute Gasteiger partial charge is 0.147 e. The topological polar surface area (TPSA) is 34.1 Å². The molecule has 0 heterocycles. The molecule has 0 aromatic heterocycles. The van der Waals surface area contributed by atoms with E-state index in [9.17, 15) is 9.59 Å². The Bertz CT molecular complexity index is 386. The molecule has 0 unspecified atom stereocenters. The number of ketones is 2. The van der Waals surface area contributed by atoms with Crippen LogP contribution in [0.15, 0.2) is 24.3 Å². The largest absolute Gasteiger partial charge is 0.298 e. The van der Waals surface area contributed by atoms with Crippen LogP contribution in [0, 0.1) is 0 Å². The zero-order valence-corrected chi connectivity index (χ0v) is 13.1. The molecule has 110 valence electrons. The number of hydrogen-bond acceptors (Lipinski definition) is 2. The van der Waals surface area contributed by atoms with Crippen molar-refractivity contribution in [2.24, 2.45) is 0 Å². The standard InChI is InChI=1S/C16H20Cl2O2/c17-11-15(19)5-1-3-13-7-9-14(10-8-13)4-2-6-16(20)12-18/h7-10H,1-6,11-12H2. The highest BCUT2D eigenvalue weighted by Crippen LogP contribution is 2.11. The van der Waals surface area contributed by atoms with E-state index < -0.39 is 0 Å². The number of carbonyl (C=O) groups is 2. The van der Waals surface area contributed by atoms with Crippen molar-refractivity contribution in [2.45, 2.75) is 38.5 Å². The van der Waals surface area contributed by atoms with Crippen molar-refractivity contribution in [2.75, 3.05) is 11.8 Å². The number of Topliss-reactive ketones (excluding diaryl/α,β-unsaturated/α-hetero) is 2. The average Bonchev–Trinajstić information content (AvgIpc) is 2.48. The Morgan fingerprint density at radius 1 is 0.750 bits per heavy atom. The van der Waals surface area contributed by atoms with Gasteiger partial charge in [-0.05, 0) is 36.8 Å². The highest BCUT2D eigenvalue weighted by atomic mass is 35.5. The molecule has 0 aliphatic heterocycles. The summed E-state index contributed by atoms with van der Waals surface area (Å²) in [6, 6.07) is 8.35. The molecule has 0 radical (unpaired) electrons. The van der Waals surface area contributed by atoms with Gasteiger partial charge in [-0.15, -0.1) is 23.2 Å². The highest BCUT2D eigenvalue weighted by molar-refractivity contribution is 6.27. The summed E-state index contributed by atoms with van der Waals surface area (Å²) in [6.45, 7) is 0. The number of hydrogen-bond donors (Lipinski definition) is 0. The Labute approximate surface area is 130 Å². The lowest BCUT2D eigenvalue weighted by Crippen LogP contribution is -2.00. The normalized spacial score (nSPS) is 10.5. The first-order chi connectivity index (χ1) is 9.65. The van der Waals surface area contributed by atoms with E-state index in [0.29, 0.717) is 12.8 Å². The lowest BCUT2D eigenvalue weighted by atomic mass is 10.0. The second kappa shape index (κ2) is 9.95. The molecule has 0 N–H and O–H groups in total. The first kappa shape index (κ1) is 17.2. The van der Waals surface area contributed by atoms with E-state index >= 15 is 0 Å². The van der Waals surface area contributed by atoms with Crippen molar-refractivity contribution in [3.8, 4) is 0 Å². The molecule has 1 aromatic rings. The van der Waals surface area contributed by atoms with Crippen LogP contribution in [0.4, 0.5) is 0 Å². The van der Waals surface area contributed by atoms with E-state index in [2.05, 4.69) is 24.3 Å². The predicted molar refractivity (Wildman–Crippen MR) is 83.8 cm³/mol. The molecule has 1 aromatic carbocycles. The minimum absolute atomic E-state index is 0.104. The summed E-state index contributed by atoms with van der Waals surface area (Å²) in [5.74, 6) is 0.430. The lowest BCUT2D eigenvalue weighted by Gasteiger charge is -2.04. The van der Waals surface area contributed by atoms with Crippen LogP contribution >= 0.6 is 23.2 Å². The SMILES string of the molecule is O=C(CCl)CCCc1ccc(CCCC(=O)CCl)cc1. The fourth-order valence-corrected chi connectivity index (χ4v) is 2.25. The molecular weight excluding hydrogens is 295 g/mol. The number of halogens is 2. The fraction of sp³-hybridized carbons (Fsp3) is 0.500. The quantitative estimate of drug-likeness (QED) is 0.613. The van der Waals surface area contributed by atoms with Crippen LogP contribution in [0.3, 0.4) is 0 Å². The van der Waals surface area contributed by atoms with Gasteiger partial charge in [-0.2, -0.15) is 0 Å². The van der Waals surface area contributed by atoms with Gasteiger partial charge in [-0.1, -0.05) is 24.3 Å². The fourth-order valence-electron chi connectivity index (χ4n) is 1.99. The molecule has 0 fully saturated rings. The van der Waals surface area contributed by atoms with Crippen LogP contribution in [0.25, 0.3) is 0 Å². The number of aryl methyl sites for hydroxylation is 2. The molecule has 0 aliphatic carbocycles. The van der Waals surface area contributed by atoms with Gasteiger partial charge >= 0.3 is 0 Å². The summed E-state index contributed by atoms with van der Waals surface area (Å²) in [5.41, 5.74) is 2.46. The van der Waals surface area contributed by atoms with Gasteiger partial charge < -0.3 is 0 Å². The third kappa shape index (κ3) is 7.06. The molecule has 2 nitrogen and oxygen atoms in total. The van der Waals surface area contributed by atoms with Gasteiger partial charge in [0.2, 0.25) is 0 Å². The van der Waals surface area contributed by atoms with E-state index in [1.54, 1.807) is 0 Å². The van der Waals surface area contributed by atoms with Crippen LogP contribution in [-0.2, 0) is 22.4 Å². The van der Waals surface area contributed by atoms with Crippen LogP contribution in [0.2, 0.25) is 0 Å². The van der Waals surface area contributed by atoms with E-state index in [1.807, 2.05) is 0 Å². The molecular formula is C16H20Cl2O2. The zero-order chi connectivity index (χ0) is 14.8. The van der Waals surface area contributed by atoms with Crippen molar-refractivity contribution in [3.05, 3.63) is 35.4 Å². The Morgan fingerprint density at radius 2 is 1.10 bits per heavy atom. The van der Waals surface area contributed by atoms with Gasteiger partial charge in [0, 0.05) is 12.8 Å². The average molecular weight is 315 g/mol. The summed E-state index contributed by atoms with van der Waals surface area (Å²) < 4.78 is 0. The predicted octanol–water partition coefficient (Wildman–Crippen LogP) is 3.95. The summed E-state index contributed by atoms with van der Waals surface area (Å²) in [7, 11) is 0. The number of rotatable bonds is 10. The third-order valence-electron chi connectivity index (χ3n) is 3.16. The van der Waals surface area contributed by atoms with E-state index in [1.165, 1.54) is 11.1 Å². The van der Waals surface area contributed by atoms with Gasteiger partial charge in [0.05, 0.1) is 11.8 Å². The number of carbonyl (C=O) groups excluding carboxylic acids is 2. The first-order valence-corrected chi connectivity index (χ1v) is 7.95. The molecule has 4 heteroatoms. The Balaban J connectivity index is 2.29. The first-order valence-electron chi connectivity index (χ1n) is 6.89. The molecule has 0 saturated heterocycles. The van der Waals surface area contributed by atoms with Crippen molar-refractivity contribution in [1.82, 2.24) is 0 Å². The minimum Gasteiger partial charge on any atom is -0.298 e. The molecule has 0 amide bonds. The lowest BCUT2D eigenvalue weighted by molar-refractivity contribution is -0.117.